The van der Waals surface area contributed by atoms with Crippen LogP contribution in [-0.4, -0.2) is 19.2 Å². The van der Waals surface area contributed by atoms with Gasteiger partial charge in [0.05, 0.1) is 0 Å². The molecule has 16 heavy (non-hydrogen) atoms. The minimum absolute atomic E-state index is 0.00662. The molecule has 4 heteroatoms. The van der Waals surface area contributed by atoms with Crippen LogP contribution in [0.5, 0.6) is 5.75 Å². The third kappa shape index (κ3) is 2.32. The van der Waals surface area contributed by atoms with Gasteiger partial charge >= 0.3 is 0 Å². The fourth-order valence-corrected chi connectivity index (χ4v) is 2.13. The predicted octanol–water partition coefficient (Wildman–Crippen LogP) is 2.48. The molecule has 2 rings (SSSR count). The van der Waals surface area contributed by atoms with E-state index in [1.54, 1.807) is 0 Å². The molecule has 0 saturated heterocycles. The number of halogens is 2. The van der Waals surface area contributed by atoms with Crippen LogP contribution >= 0.6 is 0 Å². The van der Waals surface area contributed by atoms with Crippen molar-refractivity contribution in [1.29, 1.82) is 0 Å². The molecule has 0 aromatic heterocycles. The van der Waals surface area contributed by atoms with Gasteiger partial charge in [-0.25, -0.2) is 8.78 Å². The van der Waals surface area contributed by atoms with E-state index in [2.05, 4.69) is 5.32 Å². The van der Waals surface area contributed by atoms with Crippen molar-refractivity contribution in [2.75, 3.05) is 7.05 Å². The summed E-state index contributed by atoms with van der Waals surface area (Å²) >= 11 is 0. The summed E-state index contributed by atoms with van der Waals surface area (Å²) in [7, 11) is 1.86. The third-order valence-corrected chi connectivity index (χ3v) is 2.99. The maximum absolute atomic E-state index is 13.3. The van der Waals surface area contributed by atoms with Crippen LogP contribution in [0.15, 0.2) is 18.2 Å². The van der Waals surface area contributed by atoms with Gasteiger partial charge in [-0.3, -0.25) is 0 Å². The number of hydrogen-bond acceptors (Lipinski definition) is 2. The SMILES string of the molecule is CNC1CCCC1Oc1cc(F)ccc1F. The van der Waals surface area contributed by atoms with E-state index in [4.69, 9.17) is 4.74 Å². The zero-order valence-corrected chi connectivity index (χ0v) is 9.17. The molecular weight excluding hydrogens is 212 g/mol. The Morgan fingerprint density at radius 3 is 2.88 bits per heavy atom. The molecule has 0 heterocycles. The third-order valence-electron chi connectivity index (χ3n) is 2.99. The molecule has 2 atom stereocenters. The van der Waals surface area contributed by atoms with E-state index >= 15 is 0 Å². The standard InChI is InChI=1S/C12H15F2NO/c1-15-10-3-2-4-11(10)16-12-7-8(13)5-6-9(12)14/h5-7,10-11,15H,2-4H2,1H3. The lowest BCUT2D eigenvalue weighted by molar-refractivity contribution is 0.171. The lowest BCUT2D eigenvalue weighted by atomic mass is 10.2. The van der Waals surface area contributed by atoms with Crippen LogP contribution in [0.25, 0.3) is 0 Å². The highest BCUT2D eigenvalue weighted by molar-refractivity contribution is 5.25. The van der Waals surface area contributed by atoms with Gasteiger partial charge in [0.1, 0.15) is 11.9 Å². The summed E-state index contributed by atoms with van der Waals surface area (Å²) in [6.45, 7) is 0. The number of rotatable bonds is 3. The zero-order chi connectivity index (χ0) is 11.5. The van der Waals surface area contributed by atoms with E-state index in [0.717, 1.165) is 37.5 Å². The first-order chi connectivity index (χ1) is 7.70. The van der Waals surface area contributed by atoms with Crippen molar-refractivity contribution in [2.24, 2.45) is 0 Å². The van der Waals surface area contributed by atoms with Crippen molar-refractivity contribution in [1.82, 2.24) is 5.32 Å². The summed E-state index contributed by atoms with van der Waals surface area (Å²) in [6, 6.07) is 3.50. The first kappa shape index (κ1) is 11.3. The highest BCUT2D eigenvalue weighted by Gasteiger charge is 2.28. The van der Waals surface area contributed by atoms with Crippen molar-refractivity contribution in [3.63, 3.8) is 0 Å². The molecule has 1 saturated carbocycles. The van der Waals surface area contributed by atoms with Crippen LogP contribution in [0.2, 0.25) is 0 Å². The smallest absolute Gasteiger partial charge is 0.165 e. The van der Waals surface area contributed by atoms with Crippen molar-refractivity contribution in [3.8, 4) is 5.75 Å². The van der Waals surface area contributed by atoms with Crippen molar-refractivity contribution in [3.05, 3.63) is 29.8 Å². The molecule has 1 aliphatic rings. The molecule has 0 spiro atoms. The summed E-state index contributed by atoms with van der Waals surface area (Å²) in [5.41, 5.74) is 0. The minimum Gasteiger partial charge on any atom is -0.486 e. The number of likely N-dealkylation sites (N-methyl/N-ethyl adjacent to an activating group) is 1. The average molecular weight is 227 g/mol. The summed E-state index contributed by atoms with van der Waals surface area (Å²) in [4.78, 5) is 0. The highest BCUT2D eigenvalue weighted by Crippen LogP contribution is 2.26. The summed E-state index contributed by atoms with van der Waals surface area (Å²) < 4.78 is 31.8. The Kier molecular flexibility index (Phi) is 3.39. The van der Waals surface area contributed by atoms with Gasteiger partial charge in [-0.05, 0) is 38.4 Å². The Hall–Kier alpha value is -1.16. The summed E-state index contributed by atoms with van der Waals surface area (Å²) in [5, 5.41) is 3.13. The molecule has 2 nitrogen and oxygen atoms in total. The van der Waals surface area contributed by atoms with Gasteiger partial charge < -0.3 is 10.1 Å². The lowest BCUT2D eigenvalue weighted by Crippen LogP contribution is -2.36. The van der Waals surface area contributed by atoms with E-state index in [9.17, 15) is 8.78 Å². The average Bonchev–Trinajstić information content (AvgIpc) is 2.71. The first-order valence-corrected chi connectivity index (χ1v) is 5.49. The van der Waals surface area contributed by atoms with Gasteiger partial charge in [-0.1, -0.05) is 0 Å². The molecule has 1 N–H and O–H groups in total. The topological polar surface area (TPSA) is 21.3 Å². The van der Waals surface area contributed by atoms with Crippen LogP contribution in [-0.2, 0) is 0 Å². The molecule has 2 unspecified atom stereocenters. The lowest BCUT2D eigenvalue weighted by Gasteiger charge is -2.20. The van der Waals surface area contributed by atoms with Gasteiger partial charge in [0.2, 0.25) is 0 Å². The molecule has 1 aromatic rings. The largest absolute Gasteiger partial charge is 0.486 e. The van der Waals surface area contributed by atoms with Crippen molar-refractivity contribution < 1.29 is 13.5 Å². The fraction of sp³-hybridized carbons (Fsp3) is 0.500. The van der Waals surface area contributed by atoms with Gasteiger partial charge in [-0.2, -0.15) is 0 Å². The molecule has 1 aliphatic carbocycles. The Labute approximate surface area is 93.6 Å². The zero-order valence-electron chi connectivity index (χ0n) is 9.17. The molecule has 0 bridgehead atoms. The van der Waals surface area contributed by atoms with Gasteiger partial charge in [0, 0.05) is 12.1 Å². The van der Waals surface area contributed by atoms with E-state index in [1.165, 1.54) is 0 Å². The Balaban J connectivity index is 2.11. The maximum atomic E-state index is 13.3. The van der Waals surface area contributed by atoms with Crippen molar-refractivity contribution >= 4 is 0 Å². The number of hydrogen-bond donors (Lipinski definition) is 1. The van der Waals surface area contributed by atoms with Crippen LogP contribution in [0, 0.1) is 11.6 Å². The van der Waals surface area contributed by atoms with Crippen LogP contribution in [0.1, 0.15) is 19.3 Å². The number of nitrogens with one attached hydrogen (secondary N) is 1. The molecule has 0 aliphatic heterocycles. The summed E-state index contributed by atoms with van der Waals surface area (Å²) in [5.74, 6) is -0.981. The second-order valence-corrected chi connectivity index (χ2v) is 4.06. The fourth-order valence-electron chi connectivity index (χ4n) is 2.13. The molecule has 0 amide bonds. The quantitative estimate of drug-likeness (QED) is 0.856. The monoisotopic (exact) mass is 227 g/mol. The summed E-state index contributed by atoms with van der Waals surface area (Å²) in [6.07, 6.45) is 2.87. The highest BCUT2D eigenvalue weighted by atomic mass is 19.1. The van der Waals surface area contributed by atoms with Gasteiger partial charge in [0.25, 0.3) is 0 Å². The Morgan fingerprint density at radius 1 is 1.31 bits per heavy atom. The van der Waals surface area contributed by atoms with Crippen molar-refractivity contribution in [2.45, 2.75) is 31.4 Å². The number of ether oxygens (including phenoxy) is 1. The molecule has 1 aromatic carbocycles. The van der Waals surface area contributed by atoms with E-state index in [0.29, 0.717) is 0 Å². The molecule has 88 valence electrons. The first-order valence-electron chi connectivity index (χ1n) is 5.49. The number of benzene rings is 1. The van der Waals surface area contributed by atoms with E-state index in [-0.39, 0.29) is 17.9 Å². The predicted molar refractivity (Wildman–Crippen MR) is 57.5 cm³/mol. The Bertz CT molecular complexity index is 370. The van der Waals surface area contributed by atoms with E-state index < -0.39 is 11.6 Å². The Morgan fingerprint density at radius 2 is 2.12 bits per heavy atom. The minimum atomic E-state index is -0.511. The molecule has 0 radical (unpaired) electrons. The maximum Gasteiger partial charge on any atom is 0.165 e. The van der Waals surface area contributed by atoms with E-state index in [1.807, 2.05) is 7.05 Å². The molecular formula is C12H15F2NO. The van der Waals surface area contributed by atoms with Gasteiger partial charge in [0.15, 0.2) is 11.6 Å². The van der Waals surface area contributed by atoms with Crippen LogP contribution < -0.4 is 10.1 Å². The van der Waals surface area contributed by atoms with Crippen LogP contribution in [0.3, 0.4) is 0 Å². The van der Waals surface area contributed by atoms with Crippen LogP contribution in [0.4, 0.5) is 8.78 Å². The molecule has 1 fully saturated rings. The second-order valence-electron chi connectivity index (χ2n) is 4.06. The van der Waals surface area contributed by atoms with Gasteiger partial charge in [-0.15, -0.1) is 0 Å². The normalized spacial score (nSPS) is 24.7. The second kappa shape index (κ2) is 4.78.